The summed E-state index contributed by atoms with van der Waals surface area (Å²) >= 11 is 0. The Bertz CT molecular complexity index is 681. The molecule has 0 spiro atoms. The molecule has 0 bridgehead atoms. The van der Waals surface area contributed by atoms with Crippen molar-refractivity contribution in [2.75, 3.05) is 18.9 Å². The molecule has 4 nitrogen and oxygen atoms in total. The van der Waals surface area contributed by atoms with Gasteiger partial charge in [-0.25, -0.2) is 0 Å². The maximum Gasteiger partial charge on any atom is 0.251 e. The van der Waals surface area contributed by atoms with Crippen molar-refractivity contribution in [2.45, 2.75) is 26.2 Å². The fourth-order valence-corrected chi connectivity index (χ4v) is 2.32. The van der Waals surface area contributed by atoms with Gasteiger partial charge < -0.3 is 15.8 Å². The van der Waals surface area contributed by atoms with Crippen LogP contribution in [0.5, 0.6) is 5.75 Å². The summed E-state index contributed by atoms with van der Waals surface area (Å²) in [4.78, 5) is 12.0. The van der Waals surface area contributed by atoms with E-state index in [-0.39, 0.29) is 23.7 Å². The average Bonchev–Trinajstić information content (AvgIpc) is 2.51. The smallest absolute Gasteiger partial charge is 0.251 e. The van der Waals surface area contributed by atoms with Crippen LogP contribution in [0.3, 0.4) is 0 Å². The Hall–Kier alpha value is -2.20. The van der Waals surface area contributed by atoms with Crippen LogP contribution in [0.1, 0.15) is 36.7 Å². The molecule has 2 aromatic carbocycles. The normalized spacial score (nSPS) is 10.6. The topological polar surface area (TPSA) is 64.3 Å². The van der Waals surface area contributed by atoms with E-state index in [1.54, 1.807) is 24.3 Å². The van der Waals surface area contributed by atoms with Gasteiger partial charge >= 0.3 is 0 Å². The minimum Gasteiger partial charge on any atom is -0.491 e. The third-order valence-corrected chi connectivity index (χ3v) is 3.49. The van der Waals surface area contributed by atoms with E-state index >= 15 is 0 Å². The van der Waals surface area contributed by atoms with Crippen LogP contribution in [0.4, 0.5) is 5.69 Å². The van der Waals surface area contributed by atoms with Crippen LogP contribution < -0.4 is 15.8 Å². The van der Waals surface area contributed by atoms with E-state index in [2.05, 4.69) is 32.2 Å². The molecule has 0 saturated heterocycles. The third kappa shape index (κ3) is 5.46. The minimum absolute atomic E-state index is 0. The second kappa shape index (κ2) is 8.60. The molecule has 0 unspecified atom stereocenters. The van der Waals surface area contributed by atoms with Gasteiger partial charge in [-0.05, 0) is 35.2 Å². The van der Waals surface area contributed by atoms with E-state index in [4.69, 9.17) is 10.5 Å². The zero-order chi connectivity index (χ0) is 16.9. The zero-order valence-electron chi connectivity index (χ0n) is 14.3. The molecule has 0 aliphatic rings. The van der Waals surface area contributed by atoms with E-state index < -0.39 is 0 Å². The third-order valence-electron chi connectivity index (χ3n) is 3.49. The standard InChI is InChI=1S/C19H24N2O2.ClH/c1-19(2,3)16-9-4-5-10-17(16)23-12-11-21-18(22)14-7-6-8-15(20)13-14;/h4-10,13H,11-12,20H2,1-3H3,(H,21,22);1H. The van der Waals surface area contributed by atoms with Crippen molar-refractivity contribution in [3.63, 3.8) is 0 Å². The summed E-state index contributed by atoms with van der Waals surface area (Å²) in [5.74, 6) is 0.711. The molecule has 1 amide bonds. The van der Waals surface area contributed by atoms with Crippen molar-refractivity contribution in [3.05, 3.63) is 59.7 Å². The summed E-state index contributed by atoms with van der Waals surface area (Å²) < 4.78 is 5.83. The van der Waals surface area contributed by atoms with Crippen molar-refractivity contribution in [2.24, 2.45) is 0 Å². The van der Waals surface area contributed by atoms with E-state index in [1.165, 1.54) is 0 Å². The lowest BCUT2D eigenvalue weighted by atomic mass is 9.86. The van der Waals surface area contributed by atoms with Gasteiger partial charge in [0.05, 0.1) is 6.54 Å². The first kappa shape index (κ1) is 19.8. The molecule has 0 atom stereocenters. The molecule has 0 radical (unpaired) electrons. The van der Waals surface area contributed by atoms with Crippen molar-refractivity contribution in [1.29, 1.82) is 0 Å². The number of amides is 1. The molecule has 0 aliphatic heterocycles. The minimum atomic E-state index is -0.148. The largest absolute Gasteiger partial charge is 0.491 e. The number of carbonyl (C=O) groups is 1. The predicted molar refractivity (Wildman–Crippen MR) is 101 cm³/mol. The van der Waals surface area contributed by atoms with Crippen molar-refractivity contribution >= 4 is 24.0 Å². The summed E-state index contributed by atoms with van der Waals surface area (Å²) in [6.07, 6.45) is 0. The summed E-state index contributed by atoms with van der Waals surface area (Å²) in [5, 5.41) is 2.84. The van der Waals surface area contributed by atoms with Gasteiger partial charge in [-0.2, -0.15) is 0 Å². The Kier molecular flexibility index (Phi) is 7.11. The Morgan fingerprint density at radius 1 is 1.12 bits per heavy atom. The highest BCUT2D eigenvalue weighted by atomic mass is 35.5. The number of nitrogen functional groups attached to an aromatic ring is 1. The number of hydrogen-bond donors (Lipinski definition) is 2. The van der Waals surface area contributed by atoms with Gasteiger partial charge in [0.25, 0.3) is 5.91 Å². The predicted octanol–water partition coefficient (Wildman–Crippen LogP) is 3.80. The number of halogens is 1. The molecular weight excluding hydrogens is 324 g/mol. The summed E-state index contributed by atoms with van der Waals surface area (Å²) in [5.41, 5.74) is 7.98. The molecule has 3 N–H and O–H groups in total. The van der Waals surface area contributed by atoms with Gasteiger partial charge in [-0.1, -0.05) is 45.0 Å². The van der Waals surface area contributed by atoms with Crippen LogP contribution in [0.15, 0.2) is 48.5 Å². The molecule has 0 fully saturated rings. The first-order chi connectivity index (χ1) is 10.9. The number of carbonyl (C=O) groups excluding carboxylic acids is 1. The molecule has 0 saturated carbocycles. The van der Waals surface area contributed by atoms with Gasteiger partial charge in [-0.15, -0.1) is 12.4 Å². The Labute approximate surface area is 149 Å². The maximum atomic E-state index is 12.0. The van der Waals surface area contributed by atoms with Crippen LogP contribution in [-0.2, 0) is 5.41 Å². The van der Waals surface area contributed by atoms with Crippen LogP contribution in [0.25, 0.3) is 0 Å². The van der Waals surface area contributed by atoms with Crippen LogP contribution in [0, 0.1) is 0 Å². The summed E-state index contributed by atoms with van der Waals surface area (Å²) in [7, 11) is 0. The lowest BCUT2D eigenvalue weighted by Gasteiger charge is -2.22. The molecule has 2 aromatic rings. The quantitative estimate of drug-likeness (QED) is 0.638. The molecule has 5 heteroatoms. The van der Waals surface area contributed by atoms with Gasteiger partial charge in [0, 0.05) is 11.3 Å². The average molecular weight is 349 g/mol. The van der Waals surface area contributed by atoms with Crippen molar-refractivity contribution in [1.82, 2.24) is 5.32 Å². The fourth-order valence-electron chi connectivity index (χ4n) is 2.32. The van der Waals surface area contributed by atoms with Crippen LogP contribution in [0.2, 0.25) is 0 Å². The Morgan fingerprint density at radius 2 is 1.83 bits per heavy atom. The lowest BCUT2D eigenvalue weighted by Crippen LogP contribution is -2.28. The van der Waals surface area contributed by atoms with Gasteiger partial charge in [0.15, 0.2) is 0 Å². The molecule has 0 heterocycles. The Morgan fingerprint density at radius 3 is 2.50 bits per heavy atom. The monoisotopic (exact) mass is 348 g/mol. The van der Waals surface area contributed by atoms with Crippen LogP contribution in [-0.4, -0.2) is 19.1 Å². The number of rotatable bonds is 5. The molecule has 24 heavy (non-hydrogen) atoms. The molecule has 0 aromatic heterocycles. The maximum absolute atomic E-state index is 12.0. The second-order valence-electron chi connectivity index (χ2n) is 6.48. The molecule has 0 aliphatic carbocycles. The lowest BCUT2D eigenvalue weighted by molar-refractivity contribution is 0.0947. The van der Waals surface area contributed by atoms with E-state index in [0.29, 0.717) is 24.4 Å². The summed E-state index contributed by atoms with van der Waals surface area (Å²) in [6.45, 7) is 7.30. The number of anilines is 1. The molecule has 2 rings (SSSR count). The van der Waals surface area contributed by atoms with Crippen molar-refractivity contribution < 1.29 is 9.53 Å². The van der Waals surface area contributed by atoms with Gasteiger partial charge in [-0.3, -0.25) is 4.79 Å². The highest BCUT2D eigenvalue weighted by Crippen LogP contribution is 2.30. The van der Waals surface area contributed by atoms with Crippen molar-refractivity contribution in [3.8, 4) is 5.75 Å². The number of benzene rings is 2. The SMILES string of the molecule is CC(C)(C)c1ccccc1OCCNC(=O)c1cccc(N)c1.Cl. The summed E-state index contributed by atoms with van der Waals surface area (Å²) in [6, 6.07) is 14.9. The number of nitrogens with two attached hydrogens (primary N) is 1. The zero-order valence-corrected chi connectivity index (χ0v) is 15.2. The number of nitrogens with one attached hydrogen (secondary N) is 1. The van der Waals surface area contributed by atoms with E-state index in [9.17, 15) is 4.79 Å². The number of ether oxygens (including phenoxy) is 1. The molecular formula is C19H25ClN2O2. The first-order valence-corrected chi connectivity index (χ1v) is 7.74. The number of hydrogen-bond acceptors (Lipinski definition) is 3. The van der Waals surface area contributed by atoms with Crippen LogP contribution >= 0.6 is 12.4 Å². The fraction of sp³-hybridized carbons (Fsp3) is 0.316. The van der Waals surface area contributed by atoms with Gasteiger partial charge in [0.1, 0.15) is 12.4 Å². The second-order valence-corrected chi connectivity index (χ2v) is 6.48. The Balaban J connectivity index is 0.00000288. The first-order valence-electron chi connectivity index (χ1n) is 7.74. The number of para-hydroxylation sites is 1. The van der Waals surface area contributed by atoms with E-state index in [0.717, 1.165) is 11.3 Å². The highest BCUT2D eigenvalue weighted by molar-refractivity contribution is 5.94. The van der Waals surface area contributed by atoms with E-state index in [1.807, 2.05) is 18.2 Å². The highest BCUT2D eigenvalue weighted by Gasteiger charge is 2.18. The molecule has 130 valence electrons. The van der Waals surface area contributed by atoms with Gasteiger partial charge in [0.2, 0.25) is 0 Å².